The van der Waals surface area contributed by atoms with Gasteiger partial charge in [0.2, 0.25) is 11.8 Å². The van der Waals surface area contributed by atoms with Gasteiger partial charge in [0.15, 0.2) is 0 Å². The van der Waals surface area contributed by atoms with Crippen molar-refractivity contribution in [3.63, 3.8) is 0 Å². The maximum absolute atomic E-state index is 11.5. The molecule has 0 bridgehead atoms. The SMILES string of the molecule is O=C1CCCN1Cc1nnc(SCc2ccccc2)o1. The molecular formula is C14H15N3O2S. The van der Waals surface area contributed by atoms with E-state index in [0.717, 1.165) is 18.7 Å². The van der Waals surface area contributed by atoms with Crippen molar-refractivity contribution in [1.29, 1.82) is 0 Å². The summed E-state index contributed by atoms with van der Waals surface area (Å²) in [6.07, 6.45) is 1.55. The quantitative estimate of drug-likeness (QED) is 0.791. The summed E-state index contributed by atoms with van der Waals surface area (Å²) in [4.78, 5) is 13.3. The Labute approximate surface area is 121 Å². The summed E-state index contributed by atoms with van der Waals surface area (Å²) in [5, 5.41) is 8.55. The van der Waals surface area contributed by atoms with Gasteiger partial charge in [-0.3, -0.25) is 4.79 Å². The van der Waals surface area contributed by atoms with E-state index >= 15 is 0 Å². The normalized spacial score (nSPS) is 15.0. The van der Waals surface area contributed by atoms with Gasteiger partial charge in [-0.25, -0.2) is 0 Å². The number of likely N-dealkylation sites (tertiary alicyclic amines) is 1. The van der Waals surface area contributed by atoms with Crippen LogP contribution in [0.2, 0.25) is 0 Å². The second-order valence-electron chi connectivity index (χ2n) is 4.65. The van der Waals surface area contributed by atoms with E-state index in [9.17, 15) is 4.79 Å². The average molecular weight is 289 g/mol. The molecule has 3 rings (SSSR count). The third-order valence-corrected chi connectivity index (χ3v) is 4.04. The zero-order valence-electron chi connectivity index (χ0n) is 11.0. The number of amides is 1. The number of benzene rings is 1. The molecule has 0 radical (unpaired) electrons. The topological polar surface area (TPSA) is 59.2 Å². The second-order valence-corrected chi connectivity index (χ2v) is 5.58. The van der Waals surface area contributed by atoms with Gasteiger partial charge in [0, 0.05) is 18.7 Å². The van der Waals surface area contributed by atoms with Crippen molar-refractivity contribution >= 4 is 17.7 Å². The van der Waals surface area contributed by atoms with Crippen molar-refractivity contribution in [1.82, 2.24) is 15.1 Å². The highest BCUT2D eigenvalue weighted by atomic mass is 32.2. The fourth-order valence-corrected chi connectivity index (χ4v) is 2.85. The lowest BCUT2D eigenvalue weighted by atomic mass is 10.2. The minimum atomic E-state index is 0.168. The van der Waals surface area contributed by atoms with Crippen molar-refractivity contribution < 1.29 is 9.21 Å². The fourth-order valence-electron chi connectivity index (χ4n) is 2.11. The molecule has 5 nitrogen and oxygen atoms in total. The number of aromatic nitrogens is 2. The third-order valence-electron chi connectivity index (χ3n) is 3.15. The van der Waals surface area contributed by atoms with Crippen LogP contribution in [-0.2, 0) is 17.1 Å². The Morgan fingerprint density at radius 1 is 1.25 bits per heavy atom. The first-order chi connectivity index (χ1) is 9.81. The van der Waals surface area contributed by atoms with Gasteiger partial charge < -0.3 is 9.32 Å². The Kier molecular flexibility index (Phi) is 4.01. The summed E-state index contributed by atoms with van der Waals surface area (Å²) in [6.45, 7) is 1.21. The third kappa shape index (κ3) is 3.19. The molecule has 0 atom stereocenters. The van der Waals surface area contributed by atoms with E-state index in [2.05, 4.69) is 22.3 Å². The Hall–Kier alpha value is -1.82. The summed E-state index contributed by atoms with van der Waals surface area (Å²) in [7, 11) is 0. The van der Waals surface area contributed by atoms with Crippen LogP contribution in [-0.4, -0.2) is 27.5 Å². The molecular weight excluding hydrogens is 274 g/mol. The molecule has 1 fully saturated rings. The van der Waals surface area contributed by atoms with Crippen LogP contribution >= 0.6 is 11.8 Å². The minimum absolute atomic E-state index is 0.168. The molecule has 0 aliphatic carbocycles. The smallest absolute Gasteiger partial charge is 0.276 e. The molecule has 6 heteroatoms. The summed E-state index contributed by atoms with van der Waals surface area (Å²) in [6, 6.07) is 10.1. The van der Waals surface area contributed by atoms with Crippen LogP contribution in [0.1, 0.15) is 24.3 Å². The number of thioether (sulfide) groups is 1. The molecule has 1 aromatic heterocycles. The van der Waals surface area contributed by atoms with Gasteiger partial charge >= 0.3 is 0 Å². The van der Waals surface area contributed by atoms with Crippen molar-refractivity contribution in [3.8, 4) is 0 Å². The second kappa shape index (κ2) is 6.09. The van der Waals surface area contributed by atoms with Crippen LogP contribution in [0.3, 0.4) is 0 Å². The lowest BCUT2D eigenvalue weighted by molar-refractivity contribution is -0.128. The number of hydrogen-bond donors (Lipinski definition) is 0. The van der Waals surface area contributed by atoms with E-state index < -0.39 is 0 Å². The lowest BCUT2D eigenvalue weighted by Gasteiger charge is -2.11. The molecule has 1 amide bonds. The highest BCUT2D eigenvalue weighted by Crippen LogP contribution is 2.22. The van der Waals surface area contributed by atoms with Crippen molar-refractivity contribution in [2.75, 3.05) is 6.54 Å². The van der Waals surface area contributed by atoms with E-state index in [4.69, 9.17) is 4.42 Å². The van der Waals surface area contributed by atoms with E-state index in [0.29, 0.717) is 24.1 Å². The molecule has 0 spiro atoms. The van der Waals surface area contributed by atoms with Crippen LogP contribution < -0.4 is 0 Å². The van der Waals surface area contributed by atoms with E-state index in [-0.39, 0.29) is 5.91 Å². The number of carbonyl (C=O) groups is 1. The monoisotopic (exact) mass is 289 g/mol. The largest absolute Gasteiger partial charge is 0.414 e. The first kappa shape index (κ1) is 13.2. The van der Waals surface area contributed by atoms with Crippen molar-refractivity contribution in [3.05, 3.63) is 41.8 Å². The molecule has 1 aliphatic rings. The Bertz CT molecular complexity index is 585. The first-order valence-corrected chi connectivity index (χ1v) is 7.57. The Morgan fingerprint density at radius 2 is 2.10 bits per heavy atom. The molecule has 20 heavy (non-hydrogen) atoms. The summed E-state index contributed by atoms with van der Waals surface area (Å²) in [5.41, 5.74) is 1.21. The summed E-state index contributed by atoms with van der Waals surface area (Å²) < 4.78 is 5.56. The molecule has 0 saturated carbocycles. The van der Waals surface area contributed by atoms with Gasteiger partial charge in [-0.15, -0.1) is 10.2 Å². The van der Waals surface area contributed by atoms with Crippen molar-refractivity contribution in [2.24, 2.45) is 0 Å². The molecule has 2 aromatic rings. The lowest BCUT2D eigenvalue weighted by Crippen LogP contribution is -2.23. The Morgan fingerprint density at radius 3 is 2.85 bits per heavy atom. The molecule has 0 unspecified atom stereocenters. The maximum atomic E-state index is 11.5. The highest BCUT2D eigenvalue weighted by molar-refractivity contribution is 7.98. The molecule has 1 aromatic carbocycles. The Balaban J connectivity index is 1.55. The highest BCUT2D eigenvalue weighted by Gasteiger charge is 2.22. The van der Waals surface area contributed by atoms with E-state index in [1.54, 1.807) is 4.90 Å². The predicted molar refractivity (Wildman–Crippen MR) is 75.0 cm³/mol. The average Bonchev–Trinajstić information content (AvgIpc) is 3.08. The zero-order chi connectivity index (χ0) is 13.8. The van der Waals surface area contributed by atoms with Crippen LogP contribution in [0.25, 0.3) is 0 Å². The van der Waals surface area contributed by atoms with Crippen molar-refractivity contribution in [2.45, 2.75) is 30.4 Å². The first-order valence-electron chi connectivity index (χ1n) is 6.58. The van der Waals surface area contributed by atoms with Gasteiger partial charge in [0.25, 0.3) is 5.22 Å². The summed E-state index contributed by atoms with van der Waals surface area (Å²) in [5.74, 6) is 1.47. The van der Waals surface area contributed by atoms with Crippen LogP contribution in [0.4, 0.5) is 0 Å². The van der Waals surface area contributed by atoms with Gasteiger partial charge in [-0.05, 0) is 12.0 Å². The van der Waals surface area contributed by atoms with E-state index in [1.807, 2.05) is 18.2 Å². The molecule has 1 saturated heterocycles. The number of hydrogen-bond acceptors (Lipinski definition) is 5. The van der Waals surface area contributed by atoms with E-state index in [1.165, 1.54) is 17.3 Å². The number of carbonyl (C=O) groups excluding carboxylic acids is 1. The van der Waals surface area contributed by atoms with Gasteiger partial charge in [-0.2, -0.15) is 0 Å². The number of nitrogens with zero attached hydrogens (tertiary/aromatic N) is 3. The molecule has 1 aliphatic heterocycles. The number of rotatable bonds is 5. The molecule has 0 N–H and O–H groups in total. The standard InChI is InChI=1S/C14H15N3O2S/c18-13-7-4-8-17(13)9-12-15-16-14(19-12)20-10-11-5-2-1-3-6-11/h1-3,5-6H,4,7-10H2. The van der Waals surface area contributed by atoms with Crippen LogP contribution in [0.15, 0.2) is 40.0 Å². The zero-order valence-corrected chi connectivity index (χ0v) is 11.8. The van der Waals surface area contributed by atoms with Gasteiger partial charge in [0.1, 0.15) is 0 Å². The maximum Gasteiger partial charge on any atom is 0.276 e. The van der Waals surface area contributed by atoms with Crippen LogP contribution in [0.5, 0.6) is 0 Å². The summed E-state index contributed by atoms with van der Waals surface area (Å²) >= 11 is 1.51. The van der Waals surface area contributed by atoms with Gasteiger partial charge in [0.05, 0.1) is 6.54 Å². The minimum Gasteiger partial charge on any atom is -0.414 e. The fraction of sp³-hybridized carbons (Fsp3) is 0.357. The predicted octanol–water partition coefficient (Wildman–Crippen LogP) is 2.48. The van der Waals surface area contributed by atoms with Gasteiger partial charge in [-0.1, -0.05) is 42.1 Å². The van der Waals surface area contributed by atoms with Crippen LogP contribution in [0, 0.1) is 0 Å². The molecule has 2 heterocycles. The molecule has 104 valence electrons.